The highest BCUT2D eigenvalue weighted by molar-refractivity contribution is 5.20. The van der Waals surface area contributed by atoms with E-state index in [0.717, 1.165) is 32.1 Å². The molecule has 0 radical (unpaired) electrons. The van der Waals surface area contributed by atoms with Gasteiger partial charge < -0.3 is 14.9 Å². The predicted octanol–water partition coefficient (Wildman–Crippen LogP) is 6.74. The molecule has 0 aromatic heterocycles. The number of rotatable bonds is 1. The molecular formula is C30H52O3. The second-order valence-corrected chi connectivity index (χ2v) is 15.4. The molecule has 190 valence electrons. The molecule has 6 unspecified atom stereocenters. The highest BCUT2D eigenvalue weighted by Gasteiger charge is 2.71. The zero-order valence-electron chi connectivity index (χ0n) is 22.8. The first-order valence-corrected chi connectivity index (χ1v) is 14.2. The minimum absolute atomic E-state index is 0.0375. The Labute approximate surface area is 203 Å². The largest absolute Gasteiger partial charge is 0.393 e. The maximum atomic E-state index is 11.9. The van der Waals surface area contributed by atoms with Crippen LogP contribution in [0.2, 0.25) is 0 Å². The molecule has 3 heteroatoms. The fraction of sp³-hybridized carbons (Fsp3) is 1.00. The first kappa shape index (κ1) is 24.6. The van der Waals surface area contributed by atoms with Crippen molar-refractivity contribution in [2.24, 2.45) is 45.3 Å². The molecule has 5 fully saturated rings. The maximum absolute atomic E-state index is 11.9. The van der Waals surface area contributed by atoms with Gasteiger partial charge in [0, 0.05) is 0 Å². The van der Waals surface area contributed by atoms with Crippen molar-refractivity contribution in [3.63, 3.8) is 0 Å². The zero-order valence-corrected chi connectivity index (χ0v) is 22.8. The monoisotopic (exact) mass is 460 g/mol. The Bertz CT molecular complexity index is 789. The van der Waals surface area contributed by atoms with Gasteiger partial charge in [0.1, 0.15) is 0 Å². The van der Waals surface area contributed by atoms with Crippen LogP contribution in [-0.2, 0) is 4.74 Å². The smallest absolute Gasteiger partial charge is 0.0693 e. The molecular weight excluding hydrogens is 408 g/mol. The Morgan fingerprint density at radius 1 is 0.697 bits per heavy atom. The number of fused-ring (bicyclic) bond motifs is 5. The number of hydrogen-bond acceptors (Lipinski definition) is 3. The van der Waals surface area contributed by atoms with Crippen molar-refractivity contribution in [2.45, 2.75) is 143 Å². The quantitative estimate of drug-likeness (QED) is 0.455. The molecule has 0 aromatic carbocycles. The molecule has 1 heterocycles. The summed E-state index contributed by atoms with van der Waals surface area (Å²) >= 11 is 0. The molecule has 3 nitrogen and oxygen atoms in total. The van der Waals surface area contributed by atoms with Crippen LogP contribution in [0.4, 0.5) is 0 Å². The summed E-state index contributed by atoms with van der Waals surface area (Å²) in [5.74, 6) is 1.85. The molecule has 4 aliphatic carbocycles. The third-order valence-electron chi connectivity index (χ3n) is 13.1. The fourth-order valence-electron chi connectivity index (χ4n) is 11.3. The molecule has 0 bridgehead atoms. The molecule has 4 saturated carbocycles. The lowest BCUT2D eigenvalue weighted by atomic mass is 9.35. The Morgan fingerprint density at radius 2 is 1.36 bits per heavy atom. The van der Waals surface area contributed by atoms with Crippen molar-refractivity contribution < 1.29 is 14.9 Å². The molecule has 0 amide bonds. The van der Waals surface area contributed by atoms with Crippen LogP contribution in [0.15, 0.2) is 0 Å². The van der Waals surface area contributed by atoms with Crippen LogP contribution in [0.25, 0.3) is 0 Å². The number of hydrogen-bond donors (Lipinski definition) is 2. The van der Waals surface area contributed by atoms with Crippen LogP contribution < -0.4 is 0 Å². The molecule has 1 aliphatic heterocycles. The molecule has 1 saturated heterocycles. The van der Waals surface area contributed by atoms with E-state index in [1.165, 1.54) is 32.1 Å². The Morgan fingerprint density at radius 3 is 2.03 bits per heavy atom. The lowest BCUT2D eigenvalue weighted by molar-refractivity contribution is -0.257. The average molecular weight is 461 g/mol. The Balaban J connectivity index is 1.51. The third-order valence-corrected chi connectivity index (χ3v) is 13.1. The summed E-state index contributed by atoms with van der Waals surface area (Å²) in [6.45, 7) is 19.2. The number of aliphatic hydroxyl groups is 2. The third kappa shape index (κ3) is 3.16. The van der Waals surface area contributed by atoms with E-state index >= 15 is 0 Å². The van der Waals surface area contributed by atoms with Crippen molar-refractivity contribution in [3.05, 3.63) is 0 Å². The number of aliphatic hydroxyl groups excluding tert-OH is 2. The standard InChI is InChI=1S/C30H52O3/c1-25(2)13-9-14-30(8,33-25)19-10-16-29(7)24(19)20(31)18-22-27(5)15-12-23(32)26(3,4)21(27)11-17-28(22,29)6/h19-24,31-32H,9-18H2,1-8H3/t19?,20?,21?,22?,23?,24?,27-,28+,29+,30+/m0/s1. The summed E-state index contributed by atoms with van der Waals surface area (Å²) in [7, 11) is 0. The molecule has 5 aliphatic rings. The summed E-state index contributed by atoms with van der Waals surface area (Å²) < 4.78 is 6.86. The van der Waals surface area contributed by atoms with Gasteiger partial charge in [-0.25, -0.2) is 0 Å². The minimum Gasteiger partial charge on any atom is -0.393 e. The topological polar surface area (TPSA) is 49.7 Å². The van der Waals surface area contributed by atoms with E-state index in [1.54, 1.807) is 0 Å². The molecule has 0 aromatic rings. The van der Waals surface area contributed by atoms with Gasteiger partial charge in [0.05, 0.1) is 23.4 Å². The molecule has 33 heavy (non-hydrogen) atoms. The summed E-state index contributed by atoms with van der Waals surface area (Å²) in [6.07, 6.45) is 10.9. The highest BCUT2D eigenvalue weighted by Crippen LogP contribution is 2.76. The van der Waals surface area contributed by atoms with Gasteiger partial charge in [-0.1, -0.05) is 34.6 Å². The average Bonchev–Trinajstić information content (AvgIpc) is 3.07. The van der Waals surface area contributed by atoms with E-state index in [0.29, 0.717) is 23.7 Å². The molecule has 2 N–H and O–H groups in total. The highest BCUT2D eigenvalue weighted by atomic mass is 16.5. The summed E-state index contributed by atoms with van der Waals surface area (Å²) in [6, 6.07) is 0. The van der Waals surface area contributed by atoms with Crippen LogP contribution in [0.3, 0.4) is 0 Å². The van der Waals surface area contributed by atoms with Crippen LogP contribution in [0.1, 0.15) is 120 Å². The van der Waals surface area contributed by atoms with Crippen LogP contribution in [-0.4, -0.2) is 33.6 Å². The summed E-state index contributed by atoms with van der Waals surface area (Å²) in [5.41, 5.74) is 0.392. The predicted molar refractivity (Wildman–Crippen MR) is 134 cm³/mol. The van der Waals surface area contributed by atoms with Crippen molar-refractivity contribution in [3.8, 4) is 0 Å². The van der Waals surface area contributed by atoms with Crippen molar-refractivity contribution >= 4 is 0 Å². The van der Waals surface area contributed by atoms with Gasteiger partial charge >= 0.3 is 0 Å². The van der Waals surface area contributed by atoms with Crippen molar-refractivity contribution in [1.82, 2.24) is 0 Å². The Hall–Kier alpha value is -0.120. The van der Waals surface area contributed by atoms with E-state index in [1.807, 2.05) is 0 Å². The summed E-state index contributed by atoms with van der Waals surface area (Å²) in [5, 5.41) is 22.8. The second kappa shape index (κ2) is 7.22. The van der Waals surface area contributed by atoms with Gasteiger partial charge in [-0.2, -0.15) is 0 Å². The van der Waals surface area contributed by atoms with Gasteiger partial charge in [0.25, 0.3) is 0 Å². The zero-order chi connectivity index (χ0) is 24.2. The van der Waals surface area contributed by atoms with Crippen molar-refractivity contribution in [2.75, 3.05) is 0 Å². The van der Waals surface area contributed by atoms with E-state index in [2.05, 4.69) is 55.4 Å². The van der Waals surface area contributed by atoms with Gasteiger partial charge in [-0.15, -0.1) is 0 Å². The van der Waals surface area contributed by atoms with Crippen molar-refractivity contribution in [1.29, 1.82) is 0 Å². The normalized spacial score (nSPS) is 57.6. The van der Waals surface area contributed by atoms with Gasteiger partial charge in [-0.3, -0.25) is 0 Å². The molecule has 10 atom stereocenters. The lowest BCUT2D eigenvalue weighted by Crippen LogP contribution is -2.66. The fourth-order valence-corrected chi connectivity index (χ4v) is 11.3. The van der Waals surface area contributed by atoms with E-state index < -0.39 is 0 Å². The van der Waals surface area contributed by atoms with Crippen LogP contribution in [0.5, 0.6) is 0 Å². The molecule has 0 spiro atoms. The lowest BCUT2D eigenvalue weighted by Gasteiger charge is -2.70. The van der Waals surface area contributed by atoms with Crippen LogP contribution >= 0.6 is 0 Å². The van der Waals surface area contributed by atoms with Gasteiger partial charge in [-0.05, 0) is 130 Å². The van der Waals surface area contributed by atoms with Gasteiger partial charge in [0.2, 0.25) is 0 Å². The SMILES string of the molecule is CC1(C)CCC[C@](C)(C2CC[C@]3(C)C2C(O)CC2[C@@]4(C)CCC(O)C(C)(C)C4CC[C@]23C)O1. The van der Waals surface area contributed by atoms with Gasteiger partial charge in [0.15, 0.2) is 0 Å². The van der Waals surface area contributed by atoms with E-state index in [4.69, 9.17) is 4.74 Å². The summed E-state index contributed by atoms with van der Waals surface area (Å²) in [4.78, 5) is 0. The maximum Gasteiger partial charge on any atom is 0.0693 e. The first-order chi connectivity index (χ1) is 15.1. The molecule has 5 rings (SSSR count). The second-order valence-electron chi connectivity index (χ2n) is 15.4. The minimum atomic E-state index is -0.239. The van der Waals surface area contributed by atoms with E-state index in [-0.39, 0.29) is 45.1 Å². The van der Waals surface area contributed by atoms with Crippen LogP contribution in [0, 0.1) is 45.3 Å². The first-order valence-electron chi connectivity index (χ1n) is 14.2. The Kier molecular flexibility index (Phi) is 5.38. The van der Waals surface area contributed by atoms with E-state index in [9.17, 15) is 10.2 Å². The number of ether oxygens (including phenoxy) is 1.